The molecule has 6 rings (SSSR count). The predicted octanol–water partition coefficient (Wildman–Crippen LogP) is 0.350. The molecular formula is C32H31N3O13. The lowest BCUT2D eigenvalue weighted by Gasteiger charge is -2.48. The van der Waals surface area contributed by atoms with E-state index in [4.69, 9.17) is 23.5 Å². The first-order valence-corrected chi connectivity index (χ1v) is 14.6. The molecule has 16 nitrogen and oxygen atoms in total. The van der Waals surface area contributed by atoms with Gasteiger partial charge in [0.2, 0.25) is 18.4 Å². The van der Waals surface area contributed by atoms with Crippen LogP contribution in [0.2, 0.25) is 0 Å². The Bertz CT molecular complexity index is 1970. The Kier molecular flexibility index (Phi) is 8.83. The van der Waals surface area contributed by atoms with Crippen molar-refractivity contribution in [3.8, 4) is 22.6 Å². The molecule has 0 aliphatic carbocycles. The lowest BCUT2D eigenvalue weighted by molar-refractivity contribution is -0.328. The van der Waals surface area contributed by atoms with Crippen LogP contribution in [0, 0.1) is 0 Å². The van der Waals surface area contributed by atoms with Gasteiger partial charge < -0.3 is 54.0 Å². The Balaban J connectivity index is 1.32. The summed E-state index contributed by atoms with van der Waals surface area (Å²) in [4.78, 5) is 46.0. The van der Waals surface area contributed by atoms with Gasteiger partial charge >= 0.3 is 11.9 Å². The summed E-state index contributed by atoms with van der Waals surface area (Å²) < 4.78 is 24.1. The first kappa shape index (κ1) is 32.5. The summed E-state index contributed by atoms with van der Waals surface area (Å²) in [5.74, 6) is -2.59. The minimum Gasteiger partial charge on any atom is -0.508 e. The molecule has 1 aliphatic rings. The number of phenolic OH excluding ortho intramolecular Hbond substituents is 1. The van der Waals surface area contributed by atoms with E-state index in [1.807, 2.05) is 0 Å². The number of fused-ring (bicyclic) bond motifs is 2. The molecule has 3 aromatic heterocycles. The fourth-order valence-corrected chi connectivity index (χ4v) is 5.45. The molecule has 252 valence electrons. The van der Waals surface area contributed by atoms with E-state index in [0.29, 0.717) is 11.1 Å². The number of nitrogens with zero attached hydrogens (tertiary/aromatic N) is 1. The normalized spacial score (nSPS) is 23.2. The summed E-state index contributed by atoms with van der Waals surface area (Å²) in [5.41, 5.74) is -1.24. The van der Waals surface area contributed by atoms with Crippen LogP contribution in [0.4, 0.5) is 0 Å². The topological polar surface area (TPSA) is 235 Å². The van der Waals surface area contributed by atoms with Crippen molar-refractivity contribution in [1.82, 2.24) is 15.0 Å². The summed E-state index contributed by atoms with van der Waals surface area (Å²) in [6.07, 6.45) is -0.595. The van der Waals surface area contributed by atoms with E-state index in [1.165, 1.54) is 48.4 Å². The zero-order valence-corrected chi connectivity index (χ0v) is 25.2. The van der Waals surface area contributed by atoms with E-state index in [9.17, 15) is 39.9 Å². The first-order chi connectivity index (χ1) is 23.0. The second-order valence-electron chi connectivity index (χ2n) is 11.1. The number of ether oxygens (including phenoxy) is 3. The quantitative estimate of drug-likeness (QED) is 0.0745. The molecule has 0 spiro atoms. The number of aliphatic carboxylic acids is 1. The molecular weight excluding hydrogens is 634 g/mol. The number of hydrogen-bond donors (Lipinski definition) is 7. The second-order valence-corrected chi connectivity index (χ2v) is 11.1. The number of aliphatic hydroxyl groups is 3. The number of H-pyrrole nitrogens is 1. The zero-order valence-electron chi connectivity index (χ0n) is 25.2. The molecule has 7 N–H and O–H groups in total. The number of carbonyl (C=O) groups excluding carboxylic acids is 1. The Morgan fingerprint density at radius 1 is 1.15 bits per heavy atom. The number of aromatic hydroxyl groups is 1. The fraction of sp³-hybridized carbons (Fsp3) is 0.281. The maximum atomic E-state index is 13.3. The van der Waals surface area contributed by atoms with Gasteiger partial charge in [0.1, 0.15) is 42.2 Å². The number of aliphatic hydroxyl groups excluding tert-OH is 2. The van der Waals surface area contributed by atoms with Gasteiger partial charge in [-0.05, 0) is 42.9 Å². The summed E-state index contributed by atoms with van der Waals surface area (Å²) in [7, 11) is 1.24. The molecule has 1 aliphatic heterocycles. The monoisotopic (exact) mass is 665 g/mol. The number of carbonyl (C=O) groups is 2. The van der Waals surface area contributed by atoms with Crippen LogP contribution in [0.15, 0.2) is 82.6 Å². The van der Waals surface area contributed by atoms with Crippen LogP contribution in [0.25, 0.3) is 33.0 Å². The molecule has 16 heteroatoms. The Labute approximate surface area is 270 Å². The molecule has 48 heavy (non-hydrogen) atoms. The van der Waals surface area contributed by atoms with Gasteiger partial charge in [0.15, 0.2) is 11.0 Å². The molecule has 0 radical (unpaired) electrons. The van der Waals surface area contributed by atoms with Gasteiger partial charge in [-0.15, -0.1) is 0 Å². The number of carboxylic acid groups (broad SMARTS) is 1. The van der Waals surface area contributed by atoms with Crippen molar-refractivity contribution >= 4 is 33.8 Å². The van der Waals surface area contributed by atoms with E-state index in [2.05, 4.69) is 10.3 Å². The largest absolute Gasteiger partial charge is 0.508 e. The molecule has 0 saturated carbocycles. The number of hydrogen-bond acceptors (Lipinski definition) is 13. The van der Waals surface area contributed by atoms with E-state index >= 15 is 0 Å². The van der Waals surface area contributed by atoms with Gasteiger partial charge in [-0.2, -0.15) is 4.73 Å². The number of nitrogens with one attached hydrogen (secondary N) is 2. The molecule has 1 saturated heterocycles. The van der Waals surface area contributed by atoms with Crippen LogP contribution >= 0.6 is 0 Å². The molecule has 4 heterocycles. The van der Waals surface area contributed by atoms with Crippen LogP contribution in [0.5, 0.6) is 11.5 Å². The molecule has 0 unspecified atom stereocenters. The van der Waals surface area contributed by atoms with E-state index in [1.54, 1.807) is 36.8 Å². The maximum absolute atomic E-state index is 13.3. The van der Waals surface area contributed by atoms with Gasteiger partial charge in [-0.1, -0.05) is 12.1 Å². The highest BCUT2D eigenvalue weighted by molar-refractivity contribution is 5.98. The molecule has 0 bridgehead atoms. The number of aromatic nitrogens is 2. The van der Waals surface area contributed by atoms with Crippen LogP contribution in [0.3, 0.4) is 0 Å². The number of rotatable bonds is 11. The number of likely N-dealkylation sites (N-methyl/N-ethyl adjacent to an activating group) is 1. The number of esters is 1. The lowest BCUT2D eigenvalue weighted by atomic mass is 9.84. The van der Waals surface area contributed by atoms with Crippen molar-refractivity contribution < 1.29 is 58.6 Å². The van der Waals surface area contributed by atoms with Crippen molar-refractivity contribution in [2.45, 2.75) is 36.2 Å². The molecule has 5 aromatic rings. The minimum atomic E-state index is -2.48. The van der Waals surface area contributed by atoms with Gasteiger partial charge in [-0.3, -0.25) is 10.1 Å². The molecule has 1 fully saturated rings. The Morgan fingerprint density at radius 3 is 2.60 bits per heavy atom. The average molecular weight is 666 g/mol. The van der Waals surface area contributed by atoms with Crippen molar-refractivity contribution in [2.75, 3.05) is 20.3 Å². The highest BCUT2D eigenvalue weighted by Gasteiger charge is 2.59. The third-order valence-electron chi connectivity index (χ3n) is 8.07. The predicted molar refractivity (Wildman–Crippen MR) is 165 cm³/mol. The van der Waals surface area contributed by atoms with Gasteiger partial charge in [0.05, 0.1) is 35.5 Å². The van der Waals surface area contributed by atoms with Crippen LogP contribution in [0.1, 0.15) is 0 Å². The molecule has 0 amide bonds. The first-order valence-electron chi connectivity index (χ1n) is 14.6. The summed E-state index contributed by atoms with van der Waals surface area (Å²) in [5, 5.41) is 55.3. The number of carboxylic acids is 1. The highest BCUT2D eigenvalue weighted by atomic mass is 16.8. The summed E-state index contributed by atoms with van der Waals surface area (Å²) in [6.45, 7) is -1.80. The average Bonchev–Trinajstić information content (AvgIpc) is 3.67. The number of phenols is 1. The Morgan fingerprint density at radius 2 is 1.92 bits per heavy atom. The van der Waals surface area contributed by atoms with Gasteiger partial charge in [0.25, 0.3) is 0 Å². The van der Waals surface area contributed by atoms with Crippen molar-refractivity contribution in [3.63, 3.8) is 0 Å². The Hall–Kier alpha value is -5.39. The SMILES string of the molecule is CN[C@H](C(=O)O)C(=O)OC[C@@H]1O[C@H](Oc2ccc3c(=O)c(-c4ccc(O)cc4)coc3c2)[C@@H](On2cc3cc[nH]c3c2)[C@@](O)(CO)[C@H]1O. The van der Waals surface area contributed by atoms with Crippen molar-refractivity contribution in [3.05, 3.63) is 83.6 Å². The maximum Gasteiger partial charge on any atom is 0.334 e. The van der Waals surface area contributed by atoms with Gasteiger partial charge in [-0.25, -0.2) is 9.59 Å². The van der Waals surface area contributed by atoms with E-state index in [-0.39, 0.29) is 33.5 Å². The molecule has 2 aromatic carbocycles. The van der Waals surface area contributed by atoms with Gasteiger partial charge in [0, 0.05) is 17.6 Å². The van der Waals surface area contributed by atoms with E-state index < -0.39 is 61.4 Å². The summed E-state index contributed by atoms with van der Waals surface area (Å²) >= 11 is 0. The van der Waals surface area contributed by atoms with Crippen molar-refractivity contribution in [2.24, 2.45) is 0 Å². The van der Waals surface area contributed by atoms with Crippen LogP contribution in [-0.2, 0) is 19.1 Å². The minimum absolute atomic E-state index is 0.0377. The fourth-order valence-electron chi connectivity index (χ4n) is 5.45. The third-order valence-corrected chi connectivity index (χ3v) is 8.07. The van der Waals surface area contributed by atoms with Crippen molar-refractivity contribution in [1.29, 1.82) is 0 Å². The van der Waals surface area contributed by atoms with Crippen LogP contribution < -0.4 is 20.3 Å². The molecule has 6 atom stereocenters. The highest BCUT2D eigenvalue weighted by Crippen LogP contribution is 2.34. The lowest BCUT2D eigenvalue weighted by Crippen LogP contribution is -2.72. The standard InChI is InChI=1S/C32H31N3O13/c1-33-25(29(40)41)30(42)45-14-24-27(39)32(43,15-36)28(48-35-11-17-8-9-34-22(17)12-35)31(47-24)46-19-6-7-20-23(10-19)44-13-21(26(20)38)16-2-4-18(37)5-3-16/h2-13,24-25,27-28,31,33-34,36-37,39,43H,14-15H2,1H3,(H,40,41)/t24-,25+,27-,28+,31-,32+/m0/s1. The smallest absolute Gasteiger partial charge is 0.334 e. The number of benzene rings is 2. The third kappa shape index (κ3) is 6.05. The second kappa shape index (κ2) is 13.0. The zero-order chi connectivity index (χ0) is 34.2. The van der Waals surface area contributed by atoms with E-state index in [0.717, 1.165) is 5.39 Å². The summed E-state index contributed by atoms with van der Waals surface area (Å²) in [6, 6.07) is 10.3. The number of aromatic amines is 1. The van der Waals surface area contributed by atoms with Crippen LogP contribution in [-0.4, -0.2) is 104 Å².